The Hall–Kier alpha value is -1.61. The number of hydrogen-bond donors (Lipinski definition) is 1. The van der Waals surface area contributed by atoms with Crippen molar-refractivity contribution in [2.45, 2.75) is 33.1 Å². The number of benzene rings is 1. The second-order valence-electron chi connectivity index (χ2n) is 5.14. The van der Waals surface area contributed by atoms with Gasteiger partial charge in [0.15, 0.2) is 0 Å². The highest BCUT2D eigenvalue weighted by atomic mass is 16.5. The first kappa shape index (κ1) is 14.8. The van der Waals surface area contributed by atoms with Gasteiger partial charge in [-0.25, -0.2) is 0 Å². The molecule has 3 heteroatoms. The Morgan fingerprint density at radius 2 is 2.10 bits per heavy atom. The van der Waals surface area contributed by atoms with Crippen LogP contribution in [0.2, 0.25) is 0 Å². The molecule has 2 rings (SSSR count). The van der Waals surface area contributed by atoms with E-state index in [9.17, 15) is 0 Å². The molecule has 0 spiro atoms. The van der Waals surface area contributed by atoms with Crippen molar-refractivity contribution in [2.75, 3.05) is 20.2 Å². The molecule has 0 bridgehead atoms. The third kappa shape index (κ3) is 3.70. The molecule has 0 aliphatic rings. The van der Waals surface area contributed by atoms with Crippen LogP contribution in [-0.2, 0) is 6.42 Å². The van der Waals surface area contributed by atoms with Crippen LogP contribution >= 0.6 is 0 Å². The van der Waals surface area contributed by atoms with Crippen molar-refractivity contribution in [3.8, 4) is 5.75 Å². The molecule has 0 radical (unpaired) electrons. The summed E-state index contributed by atoms with van der Waals surface area (Å²) in [5.74, 6) is 0.941. The Balaban J connectivity index is 2.23. The minimum absolute atomic E-state index is 0.786. The SMILES string of the molecule is CCCCOc1ccc2nc(C)c(CCNC)cc2c1. The number of nitrogens with zero attached hydrogens (tertiary/aromatic N) is 1. The zero-order chi connectivity index (χ0) is 14.4. The lowest BCUT2D eigenvalue weighted by molar-refractivity contribution is 0.310. The topological polar surface area (TPSA) is 34.1 Å². The van der Waals surface area contributed by atoms with Crippen molar-refractivity contribution < 1.29 is 4.74 Å². The van der Waals surface area contributed by atoms with Crippen LogP contribution in [0.25, 0.3) is 10.9 Å². The molecule has 0 fully saturated rings. The number of hydrogen-bond acceptors (Lipinski definition) is 3. The smallest absolute Gasteiger partial charge is 0.120 e. The van der Waals surface area contributed by atoms with Gasteiger partial charge in [-0.3, -0.25) is 4.98 Å². The molecule has 1 heterocycles. The van der Waals surface area contributed by atoms with Gasteiger partial charge in [0.2, 0.25) is 0 Å². The first-order valence-electron chi connectivity index (χ1n) is 7.42. The number of rotatable bonds is 7. The average molecular weight is 272 g/mol. The summed E-state index contributed by atoms with van der Waals surface area (Å²) < 4.78 is 5.77. The highest BCUT2D eigenvalue weighted by Gasteiger charge is 2.04. The Kier molecular flexibility index (Phi) is 5.36. The Morgan fingerprint density at radius 3 is 2.85 bits per heavy atom. The molecule has 1 N–H and O–H groups in total. The maximum atomic E-state index is 5.77. The number of aryl methyl sites for hydroxylation is 1. The third-order valence-electron chi connectivity index (χ3n) is 3.49. The molecule has 0 aliphatic carbocycles. The number of fused-ring (bicyclic) bond motifs is 1. The molecule has 108 valence electrons. The fourth-order valence-corrected chi connectivity index (χ4v) is 2.23. The molecule has 0 amide bonds. The van der Waals surface area contributed by atoms with E-state index in [0.29, 0.717) is 0 Å². The normalized spacial score (nSPS) is 10.9. The van der Waals surface area contributed by atoms with E-state index in [0.717, 1.165) is 54.8 Å². The van der Waals surface area contributed by atoms with Gasteiger partial charge < -0.3 is 10.1 Å². The lowest BCUT2D eigenvalue weighted by Gasteiger charge is -2.10. The number of likely N-dealkylation sites (N-methyl/N-ethyl adjacent to an activating group) is 1. The molecule has 3 nitrogen and oxygen atoms in total. The summed E-state index contributed by atoms with van der Waals surface area (Å²) in [6.07, 6.45) is 3.26. The zero-order valence-corrected chi connectivity index (χ0v) is 12.7. The molecule has 2 aromatic rings. The van der Waals surface area contributed by atoms with Crippen LogP contribution < -0.4 is 10.1 Å². The molecule has 0 unspecified atom stereocenters. The van der Waals surface area contributed by atoms with Crippen molar-refractivity contribution in [2.24, 2.45) is 0 Å². The van der Waals surface area contributed by atoms with Crippen LogP contribution in [0.1, 0.15) is 31.0 Å². The van der Waals surface area contributed by atoms with Crippen LogP contribution in [0.5, 0.6) is 5.75 Å². The summed E-state index contributed by atoms with van der Waals surface area (Å²) in [7, 11) is 1.98. The largest absolute Gasteiger partial charge is 0.494 e. The van der Waals surface area contributed by atoms with Crippen molar-refractivity contribution in [3.05, 3.63) is 35.5 Å². The first-order valence-corrected chi connectivity index (χ1v) is 7.42. The molecule has 1 aromatic heterocycles. The molecule has 0 saturated carbocycles. The van der Waals surface area contributed by atoms with Gasteiger partial charge in [0, 0.05) is 11.1 Å². The van der Waals surface area contributed by atoms with E-state index in [1.165, 1.54) is 5.56 Å². The predicted molar refractivity (Wildman–Crippen MR) is 84.5 cm³/mol. The number of pyridine rings is 1. The van der Waals surface area contributed by atoms with Gasteiger partial charge in [0.1, 0.15) is 5.75 Å². The van der Waals surface area contributed by atoms with E-state index >= 15 is 0 Å². The lowest BCUT2D eigenvalue weighted by Crippen LogP contribution is -2.11. The van der Waals surface area contributed by atoms with Crippen LogP contribution in [0.3, 0.4) is 0 Å². The van der Waals surface area contributed by atoms with E-state index < -0.39 is 0 Å². The van der Waals surface area contributed by atoms with Gasteiger partial charge in [0.05, 0.1) is 12.1 Å². The molecular formula is C17H24N2O. The van der Waals surface area contributed by atoms with E-state index in [2.05, 4.69) is 36.3 Å². The number of aromatic nitrogens is 1. The van der Waals surface area contributed by atoms with Crippen LogP contribution in [0.15, 0.2) is 24.3 Å². The second kappa shape index (κ2) is 7.25. The summed E-state index contributed by atoms with van der Waals surface area (Å²) in [5.41, 5.74) is 3.46. The average Bonchev–Trinajstić information content (AvgIpc) is 2.45. The van der Waals surface area contributed by atoms with Gasteiger partial charge >= 0.3 is 0 Å². The summed E-state index contributed by atoms with van der Waals surface area (Å²) in [5, 5.41) is 4.35. The molecule has 0 aliphatic heterocycles. The van der Waals surface area contributed by atoms with Crippen LogP contribution in [-0.4, -0.2) is 25.2 Å². The Labute approximate surface area is 121 Å². The maximum absolute atomic E-state index is 5.77. The standard InChI is InChI=1S/C17H24N2O/c1-4-5-10-20-16-6-7-17-15(12-16)11-14(8-9-18-3)13(2)19-17/h6-7,11-12,18H,4-5,8-10H2,1-3H3. The molecule has 20 heavy (non-hydrogen) atoms. The van der Waals surface area contributed by atoms with Crippen molar-refractivity contribution in [3.63, 3.8) is 0 Å². The van der Waals surface area contributed by atoms with Gasteiger partial charge in [-0.1, -0.05) is 13.3 Å². The van der Waals surface area contributed by atoms with Crippen molar-refractivity contribution >= 4 is 10.9 Å². The molecule has 0 saturated heterocycles. The van der Waals surface area contributed by atoms with Crippen LogP contribution in [0.4, 0.5) is 0 Å². The number of nitrogens with one attached hydrogen (secondary N) is 1. The van der Waals surface area contributed by atoms with Gasteiger partial charge in [-0.15, -0.1) is 0 Å². The fraction of sp³-hybridized carbons (Fsp3) is 0.471. The lowest BCUT2D eigenvalue weighted by atomic mass is 10.1. The van der Waals surface area contributed by atoms with E-state index in [1.54, 1.807) is 0 Å². The summed E-state index contributed by atoms with van der Waals surface area (Å²) in [6.45, 7) is 6.01. The summed E-state index contributed by atoms with van der Waals surface area (Å²) in [6, 6.07) is 8.39. The van der Waals surface area contributed by atoms with E-state index in [1.807, 2.05) is 19.2 Å². The van der Waals surface area contributed by atoms with Gasteiger partial charge in [0.25, 0.3) is 0 Å². The fourth-order valence-electron chi connectivity index (χ4n) is 2.23. The monoisotopic (exact) mass is 272 g/mol. The predicted octanol–water partition coefficient (Wildman–Crippen LogP) is 3.48. The summed E-state index contributed by atoms with van der Waals surface area (Å²) >= 11 is 0. The first-order chi connectivity index (χ1) is 9.74. The summed E-state index contributed by atoms with van der Waals surface area (Å²) in [4.78, 5) is 4.68. The van der Waals surface area contributed by atoms with Gasteiger partial charge in [-0.2, -0.15) is 0 Å². The van der Waals surface area contributed by atoms with Crippen LogP contribution in [0, 0.1) is 6.92 Å². The van der Waals surface area contributed by atoms with E-state index in [4.69, 9.17) is 4.74 Å². The molecule has 0 atom stereocenters. The van der Waals surface area contributed by atoms with Crippen molar-refractivity contribution in [1.29, 1.82) is 0 Å². The minimum atomic E-state index is 0.786. The zero-order valence-electron chi connectivity index (χ0n) is 12.7. The number of ether oxygens (including phenoxy) is 1. The minimum Gasteiger partial charge on any atom is -0.494 e. The highest BCUT2D eigenvalue weighted by Crippen LogP contribution is 2.22. The number of unbranched alkanes of at least 4 members (excludes halogenated alkanes) is 1. The van der Waals surface area contributed by atoms with Gasteiger partial charge in [-0.05, 0) is 63.2 Å². The maximum Gasteiger partial charge on any atom is 0.120 e. The quantitative estimate of drug-likeness (QED) is 0.784. The molecular weight excluding hydrogens is 248 g/mol. The van der Waals surface area contributed by atoms with Crippen molar-refractivity contribution in [1.82, 2.24) is 10.3 Å². The Bertz CT molecular complexity index is 566. The third-order valence-corrected chi connectivity index (χ3v) is 3.49. The van der Waals surface area contributed by atoms with E-state index in [-0.39, 0.29) is 0 Å². The molecule has 1 aromatic carbocycles. The highest BCUT2D eigenvalue weighted by molar-refractivity contribution is 5.81. The Morgan fingerprint density at radius 1 is 1.25 bits per heavy atom. The second-order valence-corrected chi connectivity index (χ2v) is 5.14.